The van der Waals surface area contributed by atoms with E-state index in [2.05, 4.69) is 9.72 Å². The number of carbonyl (C=O) groups excluding carboxylic acids is 6. The van der Waals surface area contributed by atoms with Gasteiger partial charge in [0, 0.05) is 0 Å². The molecule has 6 aromatic carbocycles. The van der Waals surface area contributed by atoms with E-state index in [-0.39, 0.29) is 245 Å². The Bertz CT molecular complexity index is 2640. The van der Waals surface area contributed by atoms with Crippen molar-refractivity contribution >= 4 is 59.5 Å². The summed E-state index contributed by atoms with van der Waals surface area (Å²) in [5.74, 6) is -11.0. The zero-order chi connectivity index (χ0) is 47.3. The van der Waals surface area contributed by atoms with Crippen LogP contribution in [0.25, 0.3) is 0 Å². The topological polar surface area (TPSA) is 333 Å². The number of carboxylic acids is 6. The molecule has 0 atom stereocenters. The van der Waals surface area contributed by atoms with Gasteiger partial charge >= 0.3 is 551 Å². The van der Waals surface area contributed by atoms with Gasteiger partial charge in [0.2, 0.25) is 0 Å². The van der Waals surface area contributed by atoms with Crippen molar-refractivity contribution in [3.05, 3.63) is 179 Å². The third kappa shape index (κ3) is 16.4. The Kier molecular flexibility index (Phi) is 26.6. The van der Waals surface area contributed by atoms with Gasteiger partial charge in [-0.15, -0.1) is 0 Å². The number of aromatic carboxylic acids is 6. The number of hydrogen-bond acceptors (Lipinski definition) is 21. The first-order valence-corrected chi connectivity index (χ1v) is 23.3. The number of carbonyl (C=O) groups is 6. The summed E-state index contributed by atoms with van der Waals surface area (Å²) in [6.07, 6.45) is 0. The van der Waals surface area contributed by atoms with Crippen LogP contribution in [0.3, 0.4) is 0 Å². The molecule has 0 spiro atoms. The van der Waals surface area contributed by atoms with Gasteiger partial charge in [-0.1, -0.05) is 0 Å². The molecule has 1 heterocycles. The molecular weight excluding hydrogens is 1070 g/mol. The Hall–Kier alpha value is -2.18. The summed E-state index contributed by atoms with van der Waals surface area (Å²) in [6.45, 7) is 0. The number of nitrogens with one attached hydrogen (secondary N) is 2. The Morgan fingerprint density at radius 2 is 0.514 bits per heavy atom. The van der Waals surface area contributed by atoms with Gasteiger partial charge < -0.3 is 0 Å². The van der Waals surface area contributed by atoms with Crippen LogP contribution < -0.4 is 245 Å². The van der Waals surface area contributed by atoms with Gasteiger partial charge in [-0.2, -0.15) is 0 Å². The molecule has 0 saturated heterocycles. The largest absolute Gasteiger partial charge is 1.00 e. The van der Waals surface area contributed by atoms with Crippen molar-refractivity contribution in [3.8, 4) is 34.5 Å². The van der Waals surface area contributed by atoms with Crippen LogP contribution in [0.1, 0.15) is 62.1 Å². The van der Waals surface area contributed by atoms with Crippen LogP contribution >= 0.6 is 23.7 Å². The molecule has 0 amide bonds. The van der Waals surface area contributed by atoms with Crippen LogP contribution in [0.4, 0.5) is 0 Å². The summed E-state index contributed by atoms with van der Waals surface area (Å²) in [5.41, 5.74) is -1.87. The molecule has 0 fully saturated rings. The second-order valence-electron chi connectivity index (χ2n) is 13.5. The Balaban J connectivity index is 0.00000432. The molecule has 30 heteroatoms. The van der Waals surface area contributed by atoms with Crippen molar-refractivity contribution in [1.29, 1.82) is 0 Å². The minimum atomic E-state index is -6.21. The Morgan fingerprint density at radius 3 is 0.694 bits per heavy atom. The number of rotatable bonds is 18. The molecule has 21 nitrogen and oxygen atoms in total. The fraction of sp³-hybridized carbons (Fsp3) is 0. The smallest absolute Gasteiger partial charge is 1.00 e. The summed E-state index contributed by atoms with van der Waals surface area (Å²) in [7, 11) is -12.7. The molecular formula is C42H26N3Na6O18P3. The monoisotopic (exact) mass is 1090 g/mol. The van der Waals surface area contributed by atoms with Gasteiger partial charge in [-0.25, -0.2) is 0 Å². The van der Waals surface area contributed by atoms with Crippen LogP contribution in [0, 0.1) is 0 Å². The van der Waals surface area contributed by atoms with Gasteiger partial charge in [0.15, 0.2) is 0 Å². The SMILES string of the molecule is O=C([O-])c1ccc(OP2(Oc3ccc(C(=O)[O-])cc3)(Oc3ccc(C(=O)[O-])cc3)N=PNP(Oc3ccc(C(=O)[O-])cc3)(Oc3ccc(C(=O)[O-])cc3)(Oc3ccc(C(=O)[O-])cc3)N2)cc1.[Na+].[Na+].[Na+].[Na+].[Na+].[Na+]. The van der Waals surface area contributed by atoms with E-state index < -0.39 is 59.5 Å². The summed E-state index contributed by atoms with van der Waals surface area (Å²) in [6, 6.07) is 26.9. The molecule has 1 aliphatic rings. The van der Waals surface area contributed by atoms with Crippen LogP contribution in [0.5, 0.6) is 34.5 Å². The summed E-state index contributed by atoms with van der Waals surface area (Å²) in [4.78, 5) is 76.8. The summed E-state index contributed by atoms with van der Waals surface area (Å²) in [5, 5.41) is 70.8. The van der Waals surface area contributed by atoms with E-state index in [0.717, 1.165) is 146 Å². The molecule has 2 N–H and O–H groups in total. The van der Waals surface area contributed by atoms with Crippen LogP contribution in [-0.2, 0) is 0 Å². The average Bonchev–Trinajstić information content (AvgIpc) is 3.27. The Morgan fingerprint density at radius 1 is 0.333 bits per heavy atom. The molecule has 1 aliphatic heterocycles. The van der Waals surface area contributed by atoms with Crippen molar-refractivity contribution in [3.63, 3.8) is 0 Å². The van der Waals surface area contributed by atoms with Gasteiger partial charge in [0.25, 0.3) is 0 Å². The summed E-state index contributed by atoms with van der Waals surface area (Å²) < 4.78 is 45.0. The third-order valence-electron chi connectivity index (χ3n) is 8.91. The minimum absolute atomic E-state index is 0. The van der Waals surface area contributed by atoms with E-state index in [4.69, 9.17) is 31.7 Å². The summed E-state index contributed by atoms with van der Waals surface area (Å²) >= 11 is 0. The second-order valence-corrected chi connectivity index (χ2v) is 20.6. The molecule has 6 aromatic rings. The van der Waals surface area contributed by atoms with Crippen LogP contribution in [-0.4, -0.2) is 35.8 Å². The predicted molar refractivity (Wildman–Crippen MR) is 218 cm³/mol. The van der Waals surface area contributed by atoms with Crippen molar-refractivity contribution < 1.29 is 264 Å². The Labute approximate surface area is 543 Å². The number of carboxylic acid groups (broad SMARTS) is 6. The van der Waals surface area contributed by atoms with E-state index >= 15 is 0 Å². The molecule has 72 heavy (non-hydrogen) atoms. The van der Waals surface area contributed by atoms with Gasteiger partial charge in [-0.3, -0.25) is 0 Å². The molecule has 0 aliphatic carbocycles. The number of benzene rings is 6. The fourth-order valence-electron chi connectivity index (χ4n) is 5.90. The first kappa shape index (κ1) is 67.8. The standard InChI is InChI=1S/C42H32N3O18P3.6Na/c46-37(47)25-1-13-31(14-2-25)58-65(59-32-15-3-26(4-16-32)38(48)49,60-33-17-5-27(6-18-33)39(50)51)43-64-44-66(45-65,61-34-19-7-28(8-20-34)40(52)53,62-35-21-9-29(10-22-35)41(54)55)63-36-23-11-30(12-24-36)42(56)57;;;;;;/h1-24,45H,(H,43,44)(H,46,47)(H,48,49)(H,50,51)(H,52,53)(H,54,55)(H,56,57);;;;;;/q;6*+1/p-6. The quantitative estimate of drug-likeness (QED) is 0.0596. The predicted octanol–water partition coefficient (Wildman–Crippen LogP) is -16.8. The van der Waals surface area contributed by atoms with Crippen molar-refractivity contribution in [2.75, 3.05) is 0 Å². The average molecular weight is 1090 g/mol. The van der Waals surface area contributed by atoms with Gasteiger partial charge in [0.05, 0.1) is 0 Å². The van der Waals surface area contributed by atoms with Crippen molar-refractivity contribution in [1.82, 2.24) is 9.72 Å². The molecule has 0 unspecified atom stereocenters. The van der Waals surface area contributed by atoms with Gasteiger partial charge in [0.1, 0.15) is 0 Å². The van der Waals surface area contributed by atoms with E-state index in [9.17, 15) is 59.4 Å². The molecule has 0 aromatic heterocycles. The number of nitrogens with zero attached hydrogens (tertiary/aromatic N) is 1. The molecule has 7 rings (SSSR count). The van der Waals surface area contributed by atoms with E-state index in [1.54, 1.807) is 0 Å². The third-order valence-corrected chi connectivity index (χ3v) is 18.2. The molecule has 0 radical (unpaired) electrons. The van der Waals surface area contributed by atoms with E-state index in [1.807, 2.05) is 0 Å². The van der Waals surface area contributed by atoms with Crippen LogP contribution in [0.2, 0.25) is 0 Å². The molecule has 0 saturated carbocycles. The maximum Gasteiger partial charge on any atom is 1.00 e. The zero-order valence-electron chi connectivity index (χ0n) is 39.0. The first-order valence-electron chi connectivity index (χ1n) is 18.5. The molecule has 338 valence electrons. The maximum atomic E-state index is 11.8. The fourth-order valence-corrected chi connectivity index (χ4v) is 16.2. The second kappa shape index (κ2) is 28.3. The van der Waals surface area contributed by atoms with Crippen LogP contribution in [0.15, 0.2) is 150 Å². The number of hydrogen-bond donors (Lipinski definition) is 2. The first-order chi connectivity index (χ1) is 31.3. The molecule has 0 bridgehead atoms. The normalized spacial score (nSPS) is 15.1. The maximum absolute atomic E-state index is 11.8. The van der Waals surface area contributed by atoms with E-state index in [0.29, 0.717) is 0 Å². The van der Waals surface area contributed by atoms with Gasteiger partial charge in [-0.05, 0) is 0 Å². The minimum Gasteiger partial charge on any atom is 1.00 e. The zero-order valence-corrected chi connectivity index (χ0v) is 53.7. The van der Waals surface area contributed by atoms with Crippen molar-refractivity contribution in [2.24, 2.45) is 4.52 Å². The van der Waals surface area contributed by atoms with Crippen molar-refractivity contribution in [2.45, 2.75) is 0 Å². The van der Waals surface area contributed by atoms with E-state index in [1.165, 1.54) is 0 Å².